The molecule has 8 nitrogen and oxygen atoms in total. The average molecular weight is 551 g/mol. The zero-order chi connectivity index (χ0) is 26.8. The molecule has 38 heavy (non-hydrogen) atoms. The number of para-hydroxylation sites is 1. The molecule has 0 N–H and O–H groups in total. The molecule has 192 valence electrons. The molecule has 10 heteroatoms. The Hall–Kier alpha value is -3.75. The summed E-state index contributed by atoms with van der Waals surface area (Å²) in [6, 6.07) is 20.6. The van der Waals surface area contributed by atoms with Crippen LogP contribution in [0.1, 0.15) is 34.2 Å². The van der Waals surface area contributed by atoms with Gasteiger partial charge in [0.05, 0.1) is 28.7 Å². The number of benzene rings is 3. The van der Waals surface area contributed by atoms with E-state index in [4.69, 9.17) is 27.9 Å². The molecule has 1 aliphatic heterocycles. The number of halogens is 2. The molecule has 0 spiro atoms. The molecule has 2 amide bonds. The Balaban J connectivity index is 1.26. The number of likely N-dealkylation sites (tertiary alicyclic amines) is 1. The molecule has 2 atom stereocenters. The molecule has 3 aromatic rings. The molecule has 3 aromatic carbocycles. The summed E-state index contributed by atoms with van der Waals surface area (Å²) in [7, 11) is 0. The number of imide groups is 1. The monoisotopic (exact) mass is 550 g/mol. The van der Waals surface area contributed by atoms with Crippen LogP contribution in [0.4, 0.5) is 5.69 Å². The van der Waals surface area contributed by atoms with E-state index in [2.05, 4.69) is 0 Å². The van der Waals surface area contributed by atoms with Crippen molar-refractivity contribution in [2.45, 2.75) is 22.8 Å². The molecule has 1 heterocycles. The topological polar surface area (TPSA) is 107 Å². The summed E-state index contributed by atoms with van der Waals surface area (Å²) >= 11 is 14.7. The predicted molar refractivity (Wildman–Crippen MR) is 137 cm³/mol. The first-order valence-electron chi connectivity index (χ1n) is 12.0. The quantitative estimate of drug-likeness (QED) is 0.146. The van der Waals surface area contributed by atoms with E-state index in [0.29, 0.717) is 22.3 Å². The van der Waals surface area contributed by atoms with Gasteiger partial charge in [0, 0.05) is 12.6 Å². The smallest absolute Gasteiger partial charge is 0.307 e. The highest BCUT2D eigenvalue weighted by atomic mass is 35.5. The zero-order valence-electron chi connectivity index (χ0n) is 19.8. The van der Waals surface area contributed by atoms with Crippen molar-refractivity contribution in [3.63, 3.8) is 0 Å². The maximum atomic E-state index is 13.8. The third-order valence-corrected chi connectivity index (χ3v) is 9.08. The molecule has 0 aromatic heterocycles. The Morgan fingerprint density at radius 3 is 1.76 bits per heavy atom. The summed E-state index contributed by atoms with van der Waals surface area (Å²) in [5.41, 5.74) is 2.87. The van der Waals surface area contributed by atoms with Crippen molar-refractivity contribution in [3.05, 3.63) is 111 Å². The maximum absolute atomic E-state index is 13.8. The van der Waals surface area contributed by atoms with Gasteiger partial charge in [0.25, 0.3) is 5.69 Å². The Bertz CT molecular complexity index is 1420. The lowest BCUT2D eigenvalue weighted by Gasteiger charge is -2.54. The molecule has 0 radical (unpaired) electrons. The van der Waals surface area contributed by atoms with Crippen LogP contribution in [0.15, 0.2) is 72.8 Å². The second-order valence-corrected chi connectivity index (χ2v) is 10.8. The Morgan fingerprint density at radius 1 is 0.842 bits per heavy atom. The van der Waals surface area contributed by atoms with Crippen molar-refractivity contribution < 1.29 is 24.0 Å². The number of amides is 2. The maximum Gasteiger partial charge on any atom is 0.307 e. The van der Waals surface area contributed by atoms with Gasteiger partial charge >= 0.3 is 5.97 Å². The molecule has 0 saturated carbocycles. The minimum atomic E-state index is -1.29. The molecule has 1 saturated heterocycles. The minimum absolute atomic E-state index is 0.163. The first-order chi connectivity index (χ1) is 18.2. The number of nitro groups is 1. The second-order valence-electron chi connectivity index (χ2n) is 9.59. The van der Waals surface area contributed by atoms with Gasteiger partial charge in [0.1, 0.15) is 16.4 Å². The SMILES string of the molecule is O=C(CCN1C(=O)[C@H]2[C@H](C1=O)C1(Cl)c3ccccc3C2(Cl)c2ccccc21)OCc1ccccc1[N+](=O)[O-]. The van der Waals surface area contributed by atoms with E-state index < -0.39 is 44.3 Å². The van der Waals surface area contributed by atoms with Crippen LogP contribution in [0.25, 0.3) is 0 Å². The molecular formula is C28H20Cl2N2O6. The number of carbonyl (C=O) groups is 3. The van der Waals surface area contributed by atoms with E-state index in [1.165, 1.54) is 18.2 Å². The van der Waals surface area contributed by atoms with Gasteiger partial charge in [0.15, 0.2) is 0 Å². The molecule has 0 unspecified atom stereocenters. The first kappa shape index (κ1) is 24.6. The van der Waals surface area contributed by atoms with Crippen LogP contribution >= 0.6 is 23.2 Å². The van der Waals surface area contributed by atoms with Crippen LogP contribution in [0.3, 0.4) is 0 Å². The Morgan fingerprint density at radius 2 is 1.29 bits per heavy atom. The molecule has 2 bridgehead atoms. The van der Waals surface area contributed by atoms with Crippen LogP contribution < -0.4 is 0 Å². The van der Waals surface area contributed by atoms with Gasteiger partial charge < -0.3 is 4.74 Å². The fourth-order valence-electron chi connectivity index (χ4n) is 6.19. The zero-order valence-corrected chi connectivity index (χ0v) is 21.3. The van der Waals surface area contributed by atoms with E-state index in [1.54, 1.807) is 6.07 Å². The highest BCUT2D eigenvalue weighted by Crippen LogP contribution is 2.69. The van der Waals surface area contributed by atoms with E-state index in [1.807, 2.05) is 48.5 Å². The van der Waals surface area contributed by atoms with Crippen LogP contribution in [0.2, 0.25) is 0 Å². The summed E-state index contributed by atoms with van der Waals surface area (Å²) in [6.45, 7) is -0.518. The van der Waals surface area contributed by atoms with Gasteiger partial charge in [-0.3, -0.25) is 29.4 Å². The molecule has 1 fully saturated rings. The largest absolute Gasteiger partial charge is 0.460 e. The number of hydrogen-bond acceptors (Lipinski definition) is 6. The van der Waals surface area contributed by atoms with Crippen molar-refractivity contribution in [3.8, 4) is 0 Å². The number of rotatable bonds is 6. The highest BCUT2D eigenvalue weighted by Gasteiger charge is 2.72. The molecular weight excluding hydrogens is 531 g/mol. The molecule has 3 aliphatic carbocycles. The van der Waals surface area contributed by atoms with Gasteiger partial charge in [-0.2, -0.15) is 0 Å². The molecule has 4 aliphatic rings. The van der Waals surface area contributed by atoms with Crippen molar-refractivity contribution in [1.82, 2.24) is 4.90 Å². The van der Waals surface area contributed by atoms with Crippen molar-refractivity contribution in [2.75, 3.05) is 6.54 Å². The second kappa shape index (κ2) is 8.64. The van der Waals surface area contributed by atoms with Crippen molar-refractivity contribution in [1.29, 1.82) is 0 Å². The first-order valence-corrected chi connectivity index (χ1v) is 12.8. The van der Waals surface area contributed by atoms with Gasteiger partial charge in [0.2, 0.25) is 11.8 Å². The number of nitrogens with zero attached hydrogens (tertiary/aromatic N) is 2. The van der Waals surface area contributed by atoms with E-state index >= 15 is 0 Å². The summed E-state index contributed by atoms with van der Waals surface area (Å²) in [5.74, 6) is -3.57. The van der Waals surface area contributed by atoms with Gasteiger partial charge in [-0.1, -0.05) is 60.7 Å². The Labute approximate surface area is 227 Å². The fourth-order valence-corrected chi connectivity index (χ4v) is 7.29. The fraction of sp³-hybridized carbons (Fsp3) is 0.250. The normalized spacial score (nSPS) is 26.5. The van der Waals surface area contributed by atoms with Crippen molar-refractivity contribution >= 4 is 46.7 Å². The van der Waals surface area contributed by atoms with Crippen LogP contribution in [-0.2, 0) is 35.5 Å². The van der Waals surface area contributed by atoms with Gasteiger partial charge in [-0.05, 0) is 28.3 Å². The van der Waals surface area contributed by atoms with Gasteiger partial charge in [-0.25, -0.2) is 0 Å². The number of esters is 1. The van der Waals surface area contributed by atoms with E-state index in [0.717, 1.165) is 4.90 Å². The van der Waals surface area contributed by atoms with E-state index in [9.17, 15) is 24.5 Å². The lowest BCUT2D eigenvalue weighted by atomic mass is 9.54. The lowest BCUT2D eigenvalue weighted by molar-refractivity contribution is -0.385. The summed E-state index contributed by atoms with van der Waals surface area (Å²) in [4.78, 5) is 49.1. The highest BCUT2D eigenvalue weighted by molar-refractivity contribution is 6.36. The summed E-state index contributed by atoms with van der Waals surface area (Å²) in [6.07, 6.45) is -0.276. The van der Waals surface area contributed by atoms with Crippen LogP contribution in [0.5, 0.6) is 0 Å². The number of alkyl halides is 2. The van der Waals surface area contributed by atoms with E-state index in [-0.39, 0.29) is 30.8 Å². The Kier molecular flexibility index (Phi) is 5.59. The number of carbonyl (C=O) groups excluding carboxylic acids is 3. The average Bonchev–Trinajstić information content (AvgIpc) is 3.19. The number of nitro benzene ring substituents is 1. The number of hydrogen-bond donors (Lipinski definition) is 0. The van der Waals surface area contributed by atoms with Gasteiger partial charge in [-0.15, -0.1) is 23.2 Å². The standard InChI is InChI=1S/C28H20Cl2N2O6/c29-27-17-8-2-3-9-18(17)28(30,20-11-5-4-10-19(20)27)24-23(27)25(34)31(26(24)35)14-13-22(33)38-15-16-7-1-6-12-21(16)32(36)37/h1-12,23-24H,13-15H2/t23-,24-,27?,28?/m1/s1. The minimum Gasteiger partial charge on any atom is -0.460 e. The predicted octanol–water partition coefficient (Wildman–Crippen LogP) is 4.62. The van der Waals surface area contributed by atoms with Crippen LogP contribution in [0, 0.1) is 22.0 Å². The summed E-state index contributed by atoms with van der Waals surface area (Å²) in [5, 5.41) is 11.2. The third kappa shape index (κ3) is 3.20. The van der Waals surface area contributed by atoms with Crippen LogP contribution in [-0.4, -0.2) is 34.2 Å². The molecule has 7 rings (SSSR count). The number of ether oxygens (including phenoxy) is 1. The van der Waals surface area contributed by atoms with Crippen molar-refractivity contribution in [2.24, 2.45) is 11.8 Å². The lowest BCUT2D eigenvalue weighted by Crippen LogP contribution is -2.57. The summed E-state index contributed by atoms with van der Waals surface area (Å²) < 4.78 is 5.22. The third-order valence-electron chi connectivity index (χ3n) is 7.79.